The highest BCUT2D eigenvalue weighted by molar-refractivity contribution is 8.19. The molecule has 0 radical (unpaired) electrons. The van der Waals surface area contributed by atoms with Crippen molar-refractivity contribution >= 4 is 35.1 Å². The number of rotatable bonds is 3. The van der Waals surface area contributed by atoms with Gasteiger partial charge in [-0.25, -0.2) is 0 Å². The average Bonchev–Trinajstić information content (AvgIpc) is 3.09. The monoisotopic (exact) mass is 320 g/mol. The fourth-order valence-electron chi connectivity index (χ4n) is 2.31. The fourth-order valence-corrected chi connectivity index (χ4v) is 5.15. The van der Waals surface area contributed by atoms with Gasteiger partial charge in [-0.3, -0.25) is 4.79 Å². The van der Waals surface area contributed by atoms with E-state index in [1.54, 1.807) is 13.8 Å². The summed E-state index contributed by atoms with van der Waals surface area (Å²) in [5.74, 6) is 2.74. The van der Waals surface area contributed by atoms with Gasteiger partial charge in [0.2, 0.25) is 0 Å². The maximum Gasteiger partial charge on any atom is 0.261 e. The molecule has 2 aromatic rings. The van der Waals surface area contributed by atoms with Crippen LogP contribution in [0.1, 0.15) is 32.0 Å². The third-order valence-electron chi connectivity index (χ3n) is 3.30. The van der Waals surface area contributed by atoms with E-state index < -0.39 is 0 Å². The molecule has 0 spiro atoms. The molecule has 0 bridgehead atoms. The van der Waals surface area contributed by atoms with Gasteiger partial charge in [0, 0.05) is 17.2 Å². The molecular formula is C15H16N2O2S2. The van der Waals surface area contributed by atoms with Gasteiger partial charge in [0.05, 0.1) is 10.3 Å². The number of carbonyl (C=O) groups excluding carboxylic acids is 1. The Morgan fingerprint density at radius 1 is 1.33 bits per heavy atom. The molecule has 1 aromatic carbocycles. The predicted molar refractivity (Wildman–Crippen MR) is 88.0 cm³/mol. The summed E-state index contributed by atoms with van der Waals surface area (Å²) >= 11 is 3.90. The molecule has 0 atom stereocenters. The summed E-state index contributed by atoms with van der Waals surface area (Å²) < 4.78 is 5.51. The number of hydrogen-bond acceptors (Lipinski definition) is 5. The first-order chi connectivity index (χ1) is 10.1. The van der Waals surface area contributed by atoms with Gasteiger partial charge in [-0.1, -0.05) is 17.3 Å². The van der Waals surface area contributed by atoms with Gasteiger partial charge >= 0.3 is 0 Å². The molecule has 0 saturated carbocycles. The van der Waals surface area contributed by atoms with E-state index in [0.29, 0.717) is 21.6 Å². The van der Waals surface area contributed by atoms with Crippen molar-refractivity contribution in [3.8, 4) is 0 Å². The van der Waals surface area contributed by atoms with Crippen LogP contribution in [0.4, 0.5) is 5.69 Å². The van der Waals surface area contributed by atoms with E-state index in [9.17, 15) is 4.79 Å². The summed E-state index contributed by atoms with van der Waals surface area (Å²) in [5, 5.41) is 6.75. The van der Waals surface area contributed by atoms with Gasteiger partial charge < -0.3 is 9.84 Å². The van der Waals surface area contributed by atoms with Crippen LogP contribution in [0.25, 0.3) is 0 Å². The number of hydrogen-bond donors (Lipinski definition) is 1. The maximum atomic E-state index is 12.3. The second-order valence-electron chi connectivity index (χ2n) is 4.85. The molecule has 110 valence electrons. The van der Waals surface area contributed by atoms with E-state index in [0.717, 1.165) is 5.69 Å². The lowest BCUT2D eigenvalue weighted by atomic mass is 10.1. The Bertz CT molecular complexity index is 644. The first-order valence-electron chi connectivity index (χ1n) is 6.72. The molecule has 0 aliphatic carbocycles. The van der Waals surface area contributed by atoms with E-state index >= 15 is 0 Å². The number of amides is 1. The quantitative estimate of drug-likeness (QED) is 0.925. The minimum absolute atomic E-state index is 0.171. The lowest BCUT2D eigenvalue weighted by Crippen LogP contribution is -2.13. The number of carbonyl (C=O) groups is 1. The largest absolute Gasteiger partial charge is 0.361 e. The van der Waals surface area contributed by atoms with Gasteiger partial charge in [0.1, 0.15) is 11.3 Å². The molecule has 21 heavy (non-hydrogen) atoms. The molecule has 1 saturated heterocycles. The molecule has 6 heteroatoms. The fraction of sp³-hybridized carbons (Fsp3) is 0.333. The van der Waals surface area contributed by atoms with Crippen LogP contribution in [-0.4, -0.2) is 22.6 Å². The molecule has 1 aromatic heterocycles. The number of nitrogens with zero attached hydrogens (tertiary/aromatic N) is 1. The summed E-state index contributed by atoms with van der Waals surface area (Å²) in [6.45, 7) is 3.52. The van der Waals surface area contributed by atoms with Gasteiger partial charge in [0.25, 0.3) is 5.91 Å². The number of thioether (sulfide) groups is 2. The predicted octanol–water partition coefficient (Wildman–Crippen LogP) is 4.02. The third-order valence-corrected chi connectivity index (χ3v) is 6.40. The lowest BCUT2D eigenvalue weighted by molar-refractivity contribution is 0.102. The summed E-state index contributed by atoms with van der Waals surface area (Å²) in [7, 11) is 0. The molecule has 0 unspecified atom stereocenters. The van der Waals surface area contributed by atoms with Crippen LogP contribution in [0.5, 0.6) is 0 Å². The highest BCUT2D eigenvalue weighted by atomic mass is 32.2. The Hall–Kier alpha value is -1.40. The summed E-state index contributed by atoms with van der Waals surface area (Å²) in [5.41, 5.74) is 3.19. The SMILES string of the molecule is Cc1noc(C)c1C(=O)Nc1cccc(C2SCCS2)c1. The maximum absolute atomic E-state index is 12.3. The van der Waals surface area contributed by atoms with Crippen molar-refractivity contribution in [2.45, 2.75) is 18.4 Å². The van der Waals surface area contributed by atoms with Crippen molar-refractivity contribution in [2.24, 2.45) is 0 Å². The van der Waals surface area contributed by atoms with Crippen LogP contribution in [0, 0.1) is 13.8 Å². The van der Waals surface area contributed by atoms with Crippen LogP contribution in [0.15, 0.2) is 28.8 Å². The molecule has 1 fully saturated rings. The molecule has 1 aliphatic heterocycles. The van der Waals surface area contributed by atoms with Crippen LogP contribution in [0.2, 0.25) is 0 Å². The van der Waals surface area contributed by atoms with Crippen molar-refractivity contribution in [3.05, 3.63) is 46.8 Å². The standard InChI is InChI=1S/C15H16N2O2S2/c1-9-13(10(2)19-17-9)14(18)16-12-5-3-4-11(8-12)15-20-6-7-21-15/h3-5,8,15H,6-7H2,1-2H3,(H,16,18). The zero-order chi connectivity index (χ0) is 14.8. The topological polar surface area (TPSA) is 55.1 Å². The van der Waals surface area contributed by atoms with Crippen LogP contribution in [-0.2, 0) is 0 Å². The Morgan fingerprint density at radius 2 is 2.10 bits per heavy atom. The molecule has 1 N–H and O–H groups in total. The Morgan fingerprint density at radius 3 is 2.76 bits per heavy atom. The smallest absolute Gasteiger partial charge is 0.261 e. The number of benzene rings is 1. The zero-order valence-corrected chi connectivity index (χ0v) is 13.5. The van der Waals surface area contributed by atoms with Gasteiger partial charge in [-0.05, 0) is 31.5 Å². The molecule has 2 heterocycles. The van der Waals surface area contributed by atoms with Crippen LogP contribution >= 0.6 is 23.5 Å². The van der Waals surface area contributed by atoms with Crippen molar-refractivity contribution in [1.82, 2.24) is 5.16 Å². The Balaban J connectivity index is 1.78. The highest BCUT2D eigenvalue weighted by Gasteiger charge is 2.20. The molecule has 3 rings (SSSR count). The van der Waals surface area contributed by atoms with Crippen molar-refractivity contribution in [2.75, 3.05) is 16.8 Å². The first-order valence-corrected chi connectivity index (χ1v) is 8.82. The Labute approximate surface area is 132 Å². The number of aromatic nitrogens is 1. The van der Waals surface area contributed by atoms with Crippen LogP contribution in [0.3, 0.4) is 0 Å². The van der Waals surface area contributed by atoms with Gasteiger partial charge in [-0.2, -0.15) is 0 Å². The molecule has 4 nitrogen and oxygen atoms in total. The van der Waals surface area contributed by atoms with Gasteiger partial charge in [-0.15, -0.1) is 23.5 Å². The molecule has 1 aliphatic rings. The molecule has 1 amide bonds. The van der Waals surface area contributed by atoms with Crippen LogP contribution < -0.4 is 5.32 Å². The van der Waals surface area contributed by atoms with Crippen molar-refractivity contribution < 1.29 is 9.32 Å². The normalized spacial score (nSPS) is 15.3. The number of nitrogens with one attached hydrogen (secondary N) is 1. The highest BCUT2D eigenvalue weighted by Crippen LogP contribution is 2.45. The summed E-state index contributed by atoms with van der Waals surface area (Å²) in [6.07, 6.45) is 0. The average molecular weight is 320 g/mol. The second kappa shape index (κ2) is 6.15. The summed E-state index contributed by atoms with van der Waals surface area (Å²) in [6, 6.07) is 8.05. The number of anilines is 1. The lowest BCUT2D eigenvalue weighted by Gasteiger charge is -2.11. The van der Waals surface area contributed by atoms with Crippen molar-refractivity contribution in [3.63, 3.8) is 0 Å². The van der Waals surface area contributed by atoms with E-state index in [1.807, 2.05) is 41.7 Å². The van der Waals surface area contributed by atoms with E-state index in [4.69, 9.17) is 4.52 Å². The second-order valence-corrected chi connectivity index (χ2v) is 7.58. The third kappa shape index (κ3) is 3.11. The molecular weight excluding hydrogens is 304 g/mol. The van der Waals surface area contributed by atoms with Gasteiger partial charge in [0.15, 0.2) is 0 Å². The van der Waals surface area contributed by atoms with E-state index in [1.165, 1.54) is 17.1 Å². The Kier molecular flexibility index (Phi) is 4.26. The minimum Gasteiger partial charge on any atom is -0.361 e. The minimum atomic E-state index is -0.171. The number of aryl methyl sites for hydroxylation is 2. The summed E-state index contributed by atoms with van der Waals surface area (Å²) in [4.78, 5) is 12.3. The zero-order valence-electron chi connectivity index (χ0n) is 11.9. The van der Waals surface area contributed by atoms with E-state index in [2.05, 4.69) is 16.5 Å². The van der Waals surface area contributed by atoms with Crippen molar-refractivity contribution in [1.29, 1.82) is 0 Å². The first kappa shape index (κ1) is 14.5. The van der Waals surface area contributed by atoms with E-state index in [-0.39, 0.29) is 5.91 Å².